The lowest BCUT2D eigenvalue weighted by Gasteiger charge is -2.13. The molecule has 0 aliphatic carbocycles. The van der Waals surface area contributed by atoms with E-state index in [2.05, 4.69) is 56.3 Å². The van der Waals surface area contributed by atoms with Crippen molar-refractivity contribution < 1.29 is 0 Å². The summed E-state index contributed by atoms with van der Waals surface area (Å²) in [7, 11) is 0. The first kappa shape index (κ1) is 12.2. The number of aryl methyl sites for hydroxylation is 1. The van der Waals surface area contributed by atoms with Crippen molar-refractivity contribution in [1.82, 2.24) is 0 Å². The molecule has 2 rings (SSSR count). The highest BCUT2D eigenvalue weighted by Gasteiger charge is 2.08. The van der Waals surface area contributed by atoms with E-state index in [-0.39, 0.29) is 0 Å². The first-order valence-electron chi connectivity index (χ1n) is 5.97. The Morgan fingerprint density at radius 2 is 1.76 bits per heavy atom. The van der Waals surface area contributed by atoms with E-state index in [1.165, 1.54) is 16.7 Å². The summed E-state index contributed by atoms with van der Waals surface area (Å²) in [5, 5.41) is 0.882. The van der Waals surface area contributed by atoms with Crippen LogP contribution in [0.5, 0.6) is 0 Å². The second kappa shape index (κ2) is 5.37. The molecule has 0 aromatic heterocycles. The van der Waals surface area contributed by atoms with Crippen LogP contribution < -0.4 is 0 Å². The Balaban J connectivity index is 2.16. The van der Waals surface area contributed by atoms with Crippen molar-refractivity contribution in [2.75, 3.05) is 0 Å². The zero-order chi connectivity index (χ0) is 12.3. The lowest BCUT2D eigenvalue weighted by atomic mass is 9.93. The highest BCUT2D eigenvalue weighted by Crippen LogP contribution is 2.25. The molecule has 0 heterocycles. The predicted molar refractivity (Wildman–Crippen MR) is 74.8 cm³/mol. The summed E-state index contributed by atoms with van der Waals surface area (Å²) in [6.45, 7) is 4.31. The number of halogens is 1. The highest BCUT2D eigenvalue weighted by atomic mass is 35.5. The molecule has 0 nitrogen and oxygen atoms in total. The molecule has 0 aliphatic rings. The van der Waals surface area contributed by atoms with Crippen LogP contribution in [0.25, 0.3) is 0 Å². The zero-order valence-electron chi connectivity index (χ0n) is 10.3. The maximum absolute atomic E-state index is 6.26. The van der Waals surface area contributed by atoms with E-state index in [1.54, 1.807) is 0 Å². The minimum absolute atomic E-state index is 0.497. The van der Waals surface area contributed by atoms with Gasteiger partial charge in [0.25, 0.3) is 0 Å². The van der Waals surface area contributed by atoms with E-state index < -0.39 is 0 Å². The molecule has 1 heteroatoms. The highest BCUT2D eigenvalue weighted by molar-refractivity contribution is 6.31. The van der Waals surface area contributed by atoms with Gasteiger partial charge in [-0.2, -0.15) is 0 Å². The summed E-state index contributed by atoms with van der Waals surface area (Å²) in [5.74, 6) is 0.497. The molecule has 0 bridgehead atoms. The topological polar surface area (TPSA) is 0 Å². The van der Waals surface area contributed by atoms with Crippen molar-refractivity contribution in [1.29, 1.82) is 0 Å². The van der Waals surface area contributed by atoms with Crippen LogP contribution in [0.1, 0.15) is 29.5 Å². The van der Waals surface area contributed by atoms with Crippen LogP contribution in [0.15, 0.2) is 48.5 Å². The molecule has 0 aliphatic heterocycles. The first-order chi connectivity index (χ1) is 8.16. The van der Waals surface area contributed by atoms with Gasteiger partial charge in [0, 0.05) is 5.02 Å². The van der Waals surface area contributed by atoms with Gasteiger partial charge in [0.15, 0.2) is 0 Å². The van der Waals surface area contributed by atoms with Gasteiger partial charge in [-0.3, -0.25) is 0 Å². The van der Waals surface area contributed by atoms with E-state index in [4.69, 9.17) is 11.6 Å². The third kappa shape index (κ3) is 3.10. The van der Waals surface area contributed by atoms with Gasteiger partial charge in [-0.05, 0) is 42.0 Å². The van der Waals surface area contributed by atoms with Crippen molar-refractivity contribution in [3.05, 3.63) is 70.2 Å². The summed E-state index contributed by atoms with van der Waals surface area (Å²) in [5.41, 5.74) is 3.81. The van der Waals surface area contributed by atoms with Crippen LogP contribution in [0, 0.1) is 6.92 Å². The van der Waals surface area contributed by atoms with Gasteiger partial charge < -0.3 is 0 Å². The smallest absolute Gasteiger partial charge is 0.0440 e. The van der Waals surface area contributed by atoms with E-state index >= 15 is 0 Å². The Morgan fingerprint density at radius 1 is 1.06 bits per heavy atom. The van der Waals surface area contributed by atoms with Crippen molar-refractivity contribution in [3.63, 3.8) is 0 Å². The quantitative estimate of drug-likeness (QED) is 0.713. The average molecular weight is 245 g/mol. The molecule has 0 saturated carbocycles. The van der Waals surface area contributed by atoms with Crippen molar-refractivity contribution in [3.8, 4) is 0 Å². The van der Waals surface area contributed by atoms with Crippen molar-refractivity contribution in [2.24, 2.45) is 0 Å². The van der Waals surface area contributed by atoms with Gasteiger partial charge >= 0.3 is 0 Å². The molecule has 0 amide bonds. The van der Waals surface area contributed by atoms with E-state index in [0.717, 1.165) is 11.4 Å². The molecule has 88 valence electrons. The summed E-state index contributed by atoms with van der Waals surface area (Å²) >= 11 is 6.26. The van der Waals surface area contributed by atoms with E-state index in [1.807, 2.05) is 6.07 Å². The largest absolute Gasteiger partial charge is 0.0840 e. The predicted octanol–water partition coefficient (Wildman–Crippen LogP) is 4.99. The average Bonchev–Trinajstić information content (AvgIpc) is 2.34. The fourth-order valence-corrected chi connectivity index (χ4v) is 2.36. The van der Waals surface area contributed by atoms with Gasteiger partial charge in [-0.15, -0.1) is 0 Å². The molecule has 1 unspecified atom stereocenters. The minimum Gasteiger partial charge on any atom is -0.0840 e. The Hall–Kier alpha value is -1.27. The van der Waals surface area contributed by atoms with Crippen molar-refractivity contribution >= 4 is 11.6 Å². The molecule has 0 spiro atoms. The normalized spacial score (nSPS) is 12.4. The van der Waals surface area contributed by atoms with Crippen LogP contribution in [0.2, 0.25) is 5.02 Å². The van der Waals surface area contributed by atoms with Crippen LogP contribution in [-0.2, 0) is 6.42 Å². The van der Waals surface area contributed by atoms with Gasteiger partial charge in [-0.25, -0.2) is 0 Å². The second-order valence-corrected chi connectivity index (χ2v) is 5.02. The lowest BCUT2D eigenvalue weighted by molar-refractivity contribution is 0.759. The molecule has 0 saturated heterocycles. The molecular formula is C16H17Cl. The Kier molecular flexibility index (Phi) is 3.86. The van der Waals surface area contributed by atoms with Gasteiger partial charge in [0.05, 0.1) is 0 Å². The number of benzene rings is 2. The van der Waals surface area contributed by atoms with Crippen molar-refractivity contribution in [2.45, 2.75) is 26.2 Å². The summed E-state index contributed by atoms with van der Waals surface area (Å²) in [6, 6.07) is 16.9. The molecule has 2 aromatic carbocycles. The molecule has 2 aromatic rings. The fraction of sp³-hybridized carbons (Fsp3) is 0.250. The molecule has 17 heavy (non-hydrogen) atoms. The Labute approximate surface area is 108 Å². The Bertz CT molecular complexity index is 488. The minimum atomic E-state index is 0.497. The van der Waals surface area contributed by atoms with Gasteiger partial charge in [0.1, 0.15) is 0 Å². The van der Waals surface area contributed by atoms with E-state index in [9.17, 15) is 0 Å². The van der Waals surface area contributed by atoms with E-state index in [0.29, 0.717) is 5.92 Å². The lowest BCUT2D eigenvalue weighted by Crippen LogP contribution is -1.99. The SMILES string of the molecule is Cc1ccc(CC(C)c2ccccc2)c(Cl)c1. The number of hydrogen-bond acceptors (Lipinski definition) is 0. The maximum Gasteiger partial charge on any atom is 0.0440 e. The van der Waals surface area contributed by atoms with Gasteiger partial charge in [0.2, 0.25) is 0 Å². The monoisotopic (exact) mass is 244 g/mol. The zero-order valence-corrected chi connectivity index (χ0v) is 11.0. The number of rotatable bonds is 3. The summed E-state index contributed by atoms with van der Waals surface area (Å²) in [4.78, 5) is 0. The molecular weight excluding hydrogens is 228 g/mol. The standard InChI is InChI=1S/C16H17Cl/c1-12-8-9-15(16(17)10-12)11-13(2)14-6-4-3-5-7-14/h3-10,13H,11H2,1-2H3. The molecule has 0 fully saturated rings. The Morgan fingerprint density at radius 3 is 2.41 bits per heavy atom. The van der Waals surface area contributed by atoms with Crippen LogP contribution >= 0.6 is 11.6 Å². The van der Waals surface area contributed by atoms with Crippen LogP contribution in [0.3, 0.4) is 0 Å². The van der Waals surface area contributed by atoms with Gasteiger partial charge in [-0.1, -0.05) is 61.0 Å². The maximum atomic E-state index is 6.26. The summed E-state index contributed by atoms with van der Waals surface area (Å²) in [6.07, 6.45) is 0.989. The van der Waals surface area contributed by atoms with Crippen LogP contribution in [-0.4, -0.2) is 0 Å². The number of hydrogen-bond donors (Lipinski definition) is 0. The second-order valence-electron chi connectivity index (χ2n) is 4.61. The molecule has 0 radical (unpaired) electrons. The molecule has 1 atom stereocenters. The fourth-order valence-electron chi connectivity index (χ4n) is 2.05. The third-order valence-corrected chi connectivity index (χ3v) is 3.46. The summed E-state index contributed by atoms with van der Waals surface area (Å²) < 4.78 is 0. The first-order valence-corrected chi connectivity index (χ1v) is 6.34. The van der Waals surface area contributed by atoms with Crippen LogP contribution in [0.4, 0.5) is 0 Å². The third-order valence-electron chi connectivity index (χ3n) is 3.10. The molecule has 0 N–H and O–H groups in total.